The topological polar surface area (TPSA) is 32.3 Å². The molecular formula is C10H20N2O. The van der Waals surface area contributed by atoms with E-state index in [1.807, 2.05) is 0 Å². The normalized spacial score (nSPS) is 23.8. The predicted octanol–water partition coefficient (Wildman–Crippen LogP) is 0.853. The molecule has 1 heterocycles. The van der Waals surface area contributed by atoms with Gasteiger partial charge in [-0.1, -0.05) is 0 Å². The van der Waals surface area contributed by atoms with Gasteiger partial charge in [-0.2, -0.15) is 0 Å². The van der Waals surface area contributed by atoms with E-state index in [0.29, 0.717) is 12.0 Å². The Hall–Kier alpha value is -0.570. The van der Waals surface area contributed by atoms with Crippen molar-refractivity contribution in [2.45, 2.75) is 33.2 Å². The lowest BCUT2D eigenvalue weighted by molar-refractivity contribution is -0.119. The summed E-state index contributed by atoms with van der Waals surface area (Å²) in [6.07, 6.45) is 1.22. The number of carbonyl (C=O) groups excluding carboxylic acids is 1. The lowest BCUT2D eigenvalue weighted by Crippen LogP contribution is -2.31. The smallest absolute Gasteiger partial charge is 0.216 e. The Balaban J connectivity index is 2.21. The lowest BCUT2D eigenvalue weighted by atomic mass is 10.1. The second kappa shape index (κ2) is 4.61. The summed E-state index contributed by atoms with van der Waals surface area (Å²) in [4.78, 5) is 13.2. The number of amides is 1. The van der Waals surface area contributed by atoms with Crippen LogP contribution in [0.5, 0.6) is 0 Å². The van der Waals surface area contributed by atoms with Gasteiger partial charge in [-0.15, -0.1) is 0 Å². The highest BCUT2D eigenvalue weighted by Gasteiger charge is 2.23. The molecule has 0 aromatic rings. The molecule has 0 spiro atoms. The van der Waals surface area contributed by atoms with Gasteiger partial charge >= 0.3 is 0 Å². The zero-order chi connectivity index (χ0) is 9.84. The van der Waals surface area contributed by atoms with E-state index in [2.05, 4.69) is 24.1 Å². The largest absolute Gasteiger partial charge is 0.356 e. The van der Waals surface area contributed by atoms with Gasteiger partial charge in [0, 0.05) is 26.1 Å². The molecule has 1 rings (SSSR count). The molecule has 0 saturated carbocycles. The summed E-state index contributed by atoms with van der Waals surface area (Å²) in [5.74, 6) is 0.745. The van der Waals surface area contributed by atoms with Gasteiger partial charge in [0.1, 0.15) is 0 Å². The summed E-state index contributed by atoms with van der Waals surface area (Å²) in [7, 11) is 0. The Bertz CT molecular complexity index is 180. The Morgan fingerprint density at radius 3 is 2.77 bits per heavy atom. The van der Waals surface area contributed by atoms with Crippen molar-refractivity contribution < 1.29 is 4.79 Å². The van der Waals surface area contributed by atoms with Gasteiger partial charge in [-0.05, 0) is 32.7 Å². The van der Waals surface area contributed by atoms with Gasteiger partial charge in [0.05, 0.1) is 0 Å². The lowest BCUT2D eigenvalue weighted by Gasteiger charge is -2.20. The first-order valence-electron chi connectivity index (χ1n) is 5.08. The van der Waals surface area contributed by atoms with Crippen LogP contribution in [0.15, 0.2) is 0 Å². The maximum atomic E-state index is 10.7. The predicted molar refractivity (Wildman–Crippen MR) is 53.5 cm³/mol. The van der Waals surface area contributed by atoms with Crippen LogP contribution >= 0.6 is 0 Å². The number of nitrogens with one attached hydrogen (secondary N) is 1. The molecule has 3 heteroatoms. The quantitative estimate of drug-likeness (QED) is 0.705. The third-order valence-electron chi connectivity index (χ3n) is 2.69. The van der Waals surface area contributed by atoms with Crippen molar-refractivity contribution in [3.8, 4) is 0 Å². The molecule has 1 N–H and O–H groups in total. The van der Waals surface area contributed by atoms with E-state index < -0.39 is 0 Å². The molecule has 13 heavy (non-hydrogen) atoms. The van der Waals surface area contributed by atoms with Crippen molar-refractivity contribution in [2.24, 2.45) is 5.92 Å². The van der Waals surface area contributed by atoms with E-state index in [1.54, 1.807) is 6.92 Å². The van der Waals surface area contributed by atoms with Gasteiger partial charge in [0.15, 0.2) is 0 Å². The second-order valence-corrected chi connectivity index (χ2v) is 4.18. The van der Waals surface area contributed by atoms with E-state index >= 15 is 0 Å². The molecule has 1 aliphatic rings. The Morgan fingerprint density at radius 2 is 2.31 bits per heavy atom. The van der Waals surface area contributed by atoms with E-state index in [1.165, 1.54) is 13.0 Å². The molecule has 0 radical (unpaired) electrons. The zero-order valence-electron chi connectivity index (χ0n) is 8.84. The molecule has 3 nitrogen and oxygen atoms in total. The van der Waals surface area contributed by atoms with Crippen LogP contribution in [0.4, 0.5) is 0 Å². The summed E-state index contributed by atoms with van der Waals surface area (Å²) >= 11 is 0. The monoisotopic (exact) mass is 184 g/mol. The second-order valence-electron chi connectivity index (χ2n) is 4.18. The number of hydrogen-bond acceptors (Lipinski definition) is 2. The molecule has 1 fully saturated rings. The van der Waals surface area contributed by atoms with Crippen LogP contribution in [0.1, 0.15) is 27.2 Å². The van der Waals surface area contributed by atoms with Crippen molar-refractivity contribution in [3.05, 3.63) is 0 Å². The minimum absolute atomic E-state index is 0.0861. The van der Waals surface area contributed by atoms with Crippen molar-refractivity contribution in [3.63, 3.8) is 0 Å². The third-order valence-corrected chi connectivity index (χ3v) is 2.69. The first-order valence-corrected chi connectivity index (χ1v) is 5.08. The fourth-order valence-electron chi connectivity index (χ4n) is 1.79. The third kappa shape index (κ3) is 3.35. The minimum Gasteiger partial charge on any atom is -0.356 e. The van der Waals surface area contributed by atoms with Crippen LogP contribution in [0.25, 0.3) is 0 Å². The summed E-state index contributed by atoms with van der Waals surface area (Å²) in [5, 5.41) is 2.88. The van der Waals surface area contributed by atoms with Crippen molar-refractivity contribution >= 4 is 5.91 Å². The number of nitrogens with zero attached hydrogens (tertiary/aromatic N) is 1. The summed E-state index contributed by atoms with van der Waals surface area (Å²) < 4.78 is 0. The molecule has 0 aliphatic carbocycles. The van der Waals surface area contributed by atoms with E-state index in [0.717, 1.165) is 13.1 Å². The summed E-state index contributed by atoms with van der Waals surface area (Å²) in [6, 6.07) is 0.641. The maximum absolute atomic E-state index is 10.7. The van der Waals surface area contributed by atoms with Crippen LogP contribution in [0.2, 0.25) is 0 Å². The van der Waals surface area contributed by atoms with Crippen LogP contribution < -0.4 is 5.32 Å². The molecule has 0 unspecified atom stereocenters. The van der Waals surface area contributed by atoms with Gasteiger partial charge in [-0.25, -0.2) is 0 Å². The minimum atomic E-state index is 0.0861. The van der Waals surface area contributed by atoms with Gasteiger partial charge in [0.25, 0.3) is 0 Å². The van der Waals surface area contributed by atoms with Gasteiger partial charge in [-0.3, -0.25) is 4.79 Å². The molecule has 0 bridgehead atoms. The molecule has 0 aromatic heterocycles. The molecule has 1 aliphatic heterocycles. The van der Waals surface area contributed by atoms with Crippen LogP contribution in [-0.2, 0) is 4.79 Å². The van der Waals surface area contributed by atoms with Crippen LogP contribution in [0.3, 0.4) is 0 Å². The van der Waals surface area contributed by atoms with Crippen molar-refractivity contribution in [1.82, 2.24) is 10.2 Å². The Labute approximate surface area is 80.5 Å². The van der Waals surface area contributed by atoms with Gasteiger partial charge < -0.3 is 10.2 Å². The highest BCUT2D eigenvalue weighted by Crippen LogP contribution is 2.17. The Morgan fingerprint density at radius 1 is 1.62 bits per heavy atom. The fraction of sp³-hybridized carbons (Fsp3) is 0.900. The van der Waals surface area contributed by atoms with Gasteiger partial charge in [0.2, 0.25) is 5.91 Å². The average Bonchev–Trinajstić information content (AvgIpc) is 2.48. The molecule has 76 valence electrons. The highest BCUT2D eigenvalue weighted by atomic mass is 16.1. The van der Waals surface area contributed by atoms with E-state index in [-0.39, 0.29) is 5.91 Å². The van der Waals surface area contributed by atoms with E-state index in [9.17, 15) is 4.79 Å². The number of carbonyl (C=O) groups is 1. The van der Waals surface area contributed by atoms with Crippen LogP contribution in [-0.4, -0.2) is 36.5 Å². The number of rotatable bonds is 3. The highest BCUT2D eigenvalue weighted by molar-refractivity contribution is 5.72. The van der Waals surface area contributed by atoms with Crippen molar-refractivity contribution in [1.29, 1.82) is 0 Å². The van der Waals surface area contributed by atoms with Crippen molar-refractivity contribution in [2.75, 3.05) is 19.6 Å². The average molecular weight is 184 g/mol. The fourth-order valence-corrected chi connectivity index (χ4v) is 1.79. The van der Waals surface area contributed by atoms with Crippen LogP contribution in [0, 0.1) is 5.92 Å². The summed E-state index contributed by atoms with van der Waals surface area (Å²) in [5.41, 5.74) is 0. The maximum Gasteiger partial charge on any atom is 0.216 e. The first kappa shape index (κ1) is 10.5. The standard InChI is InChI=1S/C10H20N2O/c1-8(2)12-5-4-10(7-12)6-11-9(3)13/h8,10H,4-7H2,1-3H3,(H,11,13)/t10-/m0/s1. The zero-order valence-corrected chi connectivity index (χ0v) is 8.84. The summed E-state index contributed by atoms with van der Waals surface area (Å²) in [6.45, 7) is 9.19. The first-order chi connectivity index (χ1) is 6.09. The molecule has 0 aromatic carbocycles. The van der Waals surface area contributed by atoms with E-state index in [4.69, 9.17) is 0 Å². The number of hydrogen-bond donors (Lipinski definition) is 1. The molecule has 1 amide bonds. The molecule has 1 atom stereocenters. The SMILES string of the molecule is CC(=O)NC[C@@H]1CCN(C(C)C)C1. The molecular weight excluding hydrogens is 164 g/mol. The number of likely N-dealkylation sites (tertiary alicyclic amines) is 1. The Kier molecular flexibility index (Phi) is 3.72. The molecule has 1 saturated heterocycles.